The Balaban J connectivity index is 2.14. The van der Waals surface area contributed by atoms with Crippen LogP contribution < -0.4 is 5.32 Å². The van der Waals surface area contributed by atoms with Gasteiger partial charge in [0.25, 0.3) is 0 Å². The van der Waals surface area contributed by atoms with Crippen molar-refractivity contribution in [3.05, 3.63) is 23.7 Å². The van der Waals surface area contributed by atoms with Crippen molar-refractivity contribution in [2.75, 3.05) is 25.7 Å². The first-order valence-corrected chi connectivity index (χ1v) is 6.52. The molecule has 0 spiro atoms. The average Bonchev–Trinajstić information content (AvgIpc) is 2.66. The van der Waals surface area contributed by atoms with Gasteiger partial charge in [-0.05, 0) is 37.1 Å². The normalized spacial score (nSPS) is 10.8. The summed E-state index contributed by atoms with van der Waals surface area (Å²) >= 11 is 1.88. The summed E-state index contributed by atoms with van der Waals surface area (Å²) in [4.78, 5) is 0. The molecule has 1 heterocycles. The van der Waals surface area contributed by atoms with Crippen molar-refractivity contribution in [1.29, 1.82) is 0 Å². The number of rotatable bonds is 8. The number of thioether (sulfide) groups is 1. The molecule has 0 saturated carbocycles. The molecule has 0 atom stereocenters. The standard InChI is InChI=1S/C11H19NO2S/c1-13-9-11-5-4-10(14-11)8-12-6-3-7-15-2/h4-5,12H,3,6-9H2,1-2H3. The van der Waals surface area contributed by atoms with Gasteiger partial charge in [-0.25, -0.2) is 0 Å². The molecule has 0 saturated heterocycles. The van der Waals surface area contributed by atoms with E-state index >= 15 is 0 Å². The molecule has 1 N–H and O–H groups in total. The first kappa shape index (κ1) is 12.6. The van der Waals surface area contributed by atoms with Gasteiger partial charge in [-0.15, -0.1) is 0 Å². The largest absolute Gasteiger partial charge is 0.462 e. The molecule has 0 radical (unpaired) electrons. The van der Waals surface area contributed by atoms with Gasteiger partial charge in [0, 0.05) is 7.11 Å². The van der Waals surface area contributed by atoms with Gasteiger partial charge in [-0.1, -0.05) is 0 Å². The molecule has 0 unspecified atom stereocenters. The predicted octanol–water partition coefficient (Wildman–Crippen LogP) is 2.27. The molecule has 1 aromatic heterocycles. The maximum Gasteiger partial charge on any atom is 0.129 e. The fourth-order valence-corrected chi connectivity index (χ4v) is 1.72. The van der Waals surface area contributed by atoms with Crippen LogP contribution in [0.1, 0.15) is 17.9 Å². The third kappa shape index (κ3) is 5.25. The maximum atomic E-state index is 5.54. The second-order valence-electron chi connectivity index (χ2n) is 3.32. The Morgan fingerprint density at radius 3 is 2.93 bits per heavy atom. The molecule has 0 amide bonds. The van der Waals surface area contributed by atoms with Crippen molar-refractivity contribution in [2.24, 2.45) is 0 Å². The summed E-state index contributed by atoms with van der Waals surface area (Å²) in [5.74, 6) is 3.07. The lowest BCUT2D eigenvalue weighted by Crippen LogP contribution is -2.14. The second kappa shape index (κ2) is 7.79. The third-order valence-electron chi connectivity index (χ3n) is 2.01. The van der Waals surface area contributed by atoms with Crippen LogP contribution in [0.2, 0.25) is 0 Å². The van der Waals surface area contributed by atoms with E-state index in [0.29, 0.717) is 6.61 Å². The summed E-state index contributed by atoms with van der Waals surface area (Å²) in [5.41, 5.74) is 0. The van der Waals surface area contributed by atoms with Crippen LogP contribution in [0.15, 0.2) is 16.5 Å². The molecule has 86 valence electrons. The molecule has 1 rings (SSSR count). The van der Waals surface area contributed by atoms with Gasteiger partial charge in [-0.2, -0.15) is 11.8 Å². The number of ether oxygens (including phenoxy) is 1. The van der Waals surface area contributed by atoms with E-state index in [2.05, 4.69) is 11.6 Å². The van der Waals surface area contributed by atoms with E-state index < -0.39 is 0 Å². The van der Waals surface area contributed by atoms with Crippen LogP contribution in [0.25, 0.3) is 0 Å². The van der Waals surface area contributed by atoms with E-state index in [1.165, 1.54) is 12.2 Å². The fraction of sp³-hybridized carbons (Fsp3) is 0.636. The molecule has 0 aliphatic rings. The first-order valence-electron chi connectivity index (χ1n) is 5.13. The molecule has 0 aliphatic heterocycles. The van der Waals surface area contributed by atoms with Crippen LogP contribution in [-0.4, -0.2) is 25.7 Å². The van der Waals surface area contributed by atoms with E-state index in [1.54, 1.807) is 7.11 Å². The predicted molar refractivity (Wildman–Crippen MR) is 64.1 cm³/mol. The molecular weight excluding hydrogens is 210 g/mol. The molecule has 0 fully saturated rings. The Labute approximate surface area is 95.6 Å². The number of methoxy groups -OCH3 is 1. The highest BCUT2D eigenvalue weighted by molar-refractivity contribution is 7.98. The first-order chi connectivity index (χ1) is 7.36. The van der Waals surface area contributed by atoms with Gasteiger partial charge in [-0.3, -0.25) is 0 Å². The number of hydrogen-bond donors (Lipinski definition) is 1. The van der Waals surface area contributed by atoms with Crippen molar-refractivity contribution in [1.82, 2.24) is 5.32 Å². The average molecular weight is 229 g/mol. The lowest BCUT2D eigenvalue weighted by atomic mass is 10.4. The van der Waals surface area contributed by atoms with Crippen LogP contribution in [0.3, 0.4) is 0 Å². The summed E-state index contributed by atoms with van der Waals surface area (Å²) in [6, 6.07) is 3.96. The van der Waals surface area contributed by atoms with Crippen LogP contribution in [-0.2, 0) is 17.9 Å². The summed E-state index contributed by atoms with van der Waals surface area (Å²) in [6.07, 6.45) is 3.33. The molecule has 1 aromatic rings. The Morgan fingerprint density at radius 2 is 2.20 bits per heavy atom. The second-order valence-corrected chi connectivity index (χ2v) is 4.31. The van der Waals surface area contributed by atoms with E-state index in [4.69, 9.17) is 9.15 Å². The molecular formula is C11H19NO2S. The number of furan rings is 1. The van der Waals surface area contributed by atoms with Crippen molar-refractivity contribution in [3.63, 3.8) is 0 Å². The molecule has 0 bridgehead atoms. The fourth-order valence-electron chi connectivity index (χ4n) is 1.29. The monoisotopic (exact) mass is 229 g/mol. The third-order valence-corrected chi connectivity index (χ3v) is 2.70. The summed E-state index contributed by atoms with van der Waals surface area (Å²) < 4.78 is 10.5. The molecule has 15 heavy (non-hydrogen) atoms. The van der Waals surface area contributed by atoms with Crippen molar-refractivity contribution in [3.8, 4) is 0 Å². The molecule has 0 aliphatic carbocycles. The lowest BCUT2D eigenvalue weighted by molar-refractivity contribution is 0.162. The molecule has 4 heteroatoms. The smallest absolute Gasteiger partial charge is 0.129 e. The minimum absolute atomic E-state index is 0.548. The van der Waals surface area contributed by atoms with Crippen molar-refractivity contribution in [2.45, 2.75) is 19.6 Å². The zero-order valence-electron chi connectivity index (χ0n) is 9.41. The summed E-state index contributed by atoms with van der Waals surface area (Å²) in [7, 11) is 1.67. The van der Waals surface area contributed by atoms with Crippen LogP contribution in [0.4, 0.5) is 0 Å². The van der Waals surface area contributed by atoms with Gasteiger partial charge in [0.1, 0.15) is 18.1 Å². The highest BCUT2D eigenvalue weighted by Crippen LogP contribution is 2.08. The Bertz CT molecular complexity index is 263. The number of hydrogen-bond acceptors (Lipinski definition) is 4. The van der Waals surface area contributed by atoms with Gasteiger partial charge in [0.15, 0.2) is 0 Å². The molecule has 3 nitrogen and oxygen atoms in total. The van der Waals surface area contributed by atoms with E-state index in [0.717, 1.165) is 24.6 Å². The highest BCUT2D eigenvalue weighted by Gasteiger charge is 2.00. The quantitative estimate of drug-likeness (QED) is 0.693. The SMILES string of the molecule is COCc1ccc(CNCCCSC)o1. The van der Waals surface area contributed by atoms with Crippen LogP contribution >= 0.6 is 11.8 Å². The topological polar surface area (TPSA) is 34.4 Å². The minimum atomic E-state index is 0.548. The highest BCUT2D eigenvalue weighted by atomic mass is 32.2. The van der Waals surface area contributed by atoms with Gasteiger partial charge in [0.2, 0.25) is 0 Å². The van der Waals surface area contributed by atoms with Crippen molar-refractivity contribution < 1.29 is 9.15 Å². The van der Waals surface area contributed by atoms with E-state index in [9.17, 15) is 0 Å². The van der Waals surface area contributed by atoms with Gasteiger partial charge in [0.05, 0.1) is 6.54 Å². The maximum absolute atomic E-state index is 5.54. The van der Waals surface area contributed by atoms with Crippen LogP contribution in [0.5, 0.6) is 0 Å². The van der Waals surface area contributed by atoms with Gasteiger partial charge < -0.3 is 14.5 Å². The zero-order valence-corrected chi connectivity index (χ0v) is 10.2. The van der Waals surface area contributed by atoms with E-state index in [-0.39, 0.29) is 0 Å². The Kier molecular flexibility index (Phi) is 6.55. The Hall–Kier alpha value is -0.450. The number of nitrogens with one attached hydrogen (secondary N) is 1. The summed E-state index contributed by atoms with van der Waals surface area (Å²) in [6.45, 7) is 2.39. The Morgan fingerprint density at radius 1 is 1.40 bits per heavy atom. The van der Waals surface area contributed by atoms with Gasteiger partial charge >= 0.3 is 0 Å². The van der Waals surface area contributed by atoms with E-state index in [1.807, 2.05) is 23.9 Å². The van der Waals surface area contributed by atoms with Crippen molar-refractivity contribution >= 4 is 11.8 Å². The minimum Gasteiger partial charge on any atom is -0.462 e. The summed E-state index contributed by atoms with van der Waals surface area (Å²) in [5, 5.41) is 3.34. The lowest BCUT2D eigenvalue weighted by Gasteiger charge is -2.01. The zero-order chi connectivity index (χ0) is 10.9. The van der Waals surface area contributed by atoms with Crippen LogP contribution in [0, 0.1) is 0 Å². The molecule has 0 aromatic carbocycles.